The summed E-state index contributed by atoms with van der Waals surface area (Å²) in [6.45, 7) is 8.04. The van der Waals surface area contributed by atoms with Crippen molar-refractivity contribution < 1.29 is 18.7 Å². The van der Waals surface area contributed by atoms with Crippen LogP contribution in [0.4, 0.5) is 9.18 Å². The van der Waals surface area contributed by atoms with Gasteiger partial charge < -0.3 is 14.8 Å². The van der Waals surface area contributed by atoms with Gasteiger partial charge in [0.2, 0.25) is 0 Å². The normalized spacial score (nSPS) is 18.2. The Morgan fingerprint density at radius 3 is 2.84 bits per heavy atom. The van der Waals surface area contributed by atoms with Crippen molar-refractivity contribution in [2.75, 3.05) is 26.2 Å². The van der Waals surface area contributed by atoms with Crippen LogP contribution in [0.2, 0.25) is 5.02 Å². The van der Waals surface area contributed by atoms with Crippen LogP contribution in [-0.4, -0.2) is 48.9 Å². The minimum Gasteiger partial charge on any atom is -0.488 e. The third-order valence-corrected chi connectivity index (χ3v) is 4.42. The summed E-state index contributed by atoms with van der Waals surface area (Å²) in [5, 5.41) is 3.18. The lowest BCUT2D eigenvalue weighted by Crippen LogP contribution is -2.40. The van der Waals surface area contributed by atoms with Crippen LogP contribution in [0.1, 0.15) is 27.2 Å². The van der Waals surface area contributed by atoms with Crippen LogP contribution >= 0.6 is 27.5 Å². The average molecular weight is 438 g/mol. The molecule has 1 aliphatic rings. The number of alkyl carbamates (subject to hydrolysis) is 1. The van der Waals surface area contributed by atoms with Crippen LogP contribution in [0.25, 0.3) is 0 Å². The molecule has 1 aromatic carbocycles. The molecule has 0 aromatic heterocycles. The van der Waals surface area contributed by atoms with Crippen molar-refractivity contribution in [2.45, 2.75) is 38.8 Å². The highest BCUT2D eigenvalue weighted by Gasteiger charge is 2.26. The molecule has 1 fully saturated rings. The van der Waals surface area contributed by atoms with E-state index in [0.29, 0.717) is 29.2 Å². The molecular formula is C17H23BrClFN2O3. The van der Waals surface area contributed by atoms with Gasteiger partial charge in [-0.2, -0.15) is 0 Å². The maximum absolute atomic E-state index is 13.8. The van der Waals surface area contributed by atoms with E-state index in [0.717, 1.165) is 13.0 Å². The first-order valence-corrected chi connectivity index (χ1v) is 9.30. The molecule has 25 heavy (non-hydrogen) atoms. The van der Waals surface area contributed by atoms with E-state index >= 15 is 0 Å². The minimum atomic E-state index is -0.508. The molecule has 1 atom stereocenters. The summed E-state index contributed by atoms with van der Waals surface area (Å²) < 4.78 is 25.1. The van der Waals surface area contributed by atoms with Crippen molar-refractivity contribution in [2.24, 2.45) is 0 Å². The second-order valence-electron chi connectivity index (χ2n) is 6.98. The van der Waals surface area contributed by atoms with Crippen molar-refractivity contribution in [1.29, 1.82) is 0 Å². The average Bonchev–Trinajstić information content (AvgIpc) is 2.86. The summed E-state index contributed by atoms with van der Waals surface area (Å²) >= 11 is 9.03. The van der Waals surface area contributed by atoms with E-state index in [9.17, 15) is 9.18 Å². The summed E-state index contributed by atoms with van der Waals surface area (Å²) in [7, 11) is 0. The van der Waals surface area contributed by atoms with Gasteiger partial charge in [-0.3, -0.25) is 4.90 Å². The van der Waals surface area contributed by atoms with Crippen LogP contribution in [-0.2, 0) is 4.74 Å². The number of carbonyl (C=O) groups is 1. The molecule has 8 heteroatoms. The van der Waals surface area contributed by atoms with Gasteiger partial charge in [0.25, 0.3) is 0 Å². The molecule has 1 aromatic rings. The SMILES string of the molecule is CC(C)(C)OC(=O)NC1CCN(CCOc2c(F)cc(Cl)cc2Br)C1. The van der Waals surface area contributed by atoms with E-state index in [1.165, 1.54) is 6.07 Å². The van der Waals surface area contributed by atoms with Crippen molar-refractivity contribution >= 4 is 33.6 Å². The lowest BCUT2D eigenvalue weighted by Gasteiger charge is -2.22. The molecule has 5 nitrogen and oxygen atoms in total. The number of nitrogens with one attached hydrogen (secondary N) is 1. The molecular weight excluding hydrogens is 415 g/mol. The van der Waals surface area contributed by atoms with Crippen molar-refractivity contribution in [1.82, 2.24) is 10.2 Å². The molecule has 1 aliphatic heterocycles. The zero-order valence-corrected chi connectivity index (χ0v) is 16.9. The molecule has 0 saturated carbocycles. The summed E-state index contributed by atoms with van der Waals surface area (Å²) in [5.74, 6) is -0.336. The Morgan fingerprint density at radius 1 is 1.48 bits per heavy atom. The predicted octanol–water partition coefficient (Wildman–Crippen LogP) is 4.22. The number of likely N-dealkylation sites (tertiary alicyclic amines) is 1. The van der Waals surface area contributed by atoms with E-state index < -0.39 is 17.5 Å². The zero-order chi connectivity index (χ0) is 18.6. The van der Waals surface area contributed by atoms with Crippen molar-refractivity contribution in [3.63, 3.8) is 0 Å². The molecule has 0 bridgehead atoms. The largest absolute Gasteiger partial charge is 0.488 e. The predicted molar refractivity (Wildman–Crippen MR) is 98.8 cm³/mol. The van der Waals surface area contributed by atoms with Gasteiger partial charge in [0.15, 0.2) is 11.6 Å². The lowest BCUT2D eigenvalue weighted by molar-refractivity contribution is 0.0505. The van der Waals surface area contributed by atoms with Gasteiger partial charge in [-0.05, 0) is 55.3 Å². The fraction of sp³-hybridized carbons (Fsp3) is 0.588. The van der Waals surface area contributed by atoms with E-state index in [-0.39, 0.29) is 11.8 Å². The first kappa shape index (κ1) is 20.3. The third kappa shape index (κ3) is 6.64. The highest BCUT2D eigenvalue weighted by Crippen LogP contribution is 2.31. The van der Waals surface area contributed by atoms with E-state index in [4.69, 9.17) is 21.1 Å². The number of amides is 1. The Morgan fingerprint density at radius 2 is 2.20 bits per heavy atom. The molecule has 0 spiro atoms. The second kappa shape index (κ2) is 8.56. The number of rotatable bonds is 5. The van der Waals surface area contributed by atoms with E-state index in [1.807, 2.05) is 20.8 Å². The number of carbonyl (C=O) groups excluding carboxylic acids is 1. The second-order valence-corrected chi connectivity index (χ2v) is 8.27. The molecule has 1 heterocycles. The van der Waals surface area contributed by atoms with Crippen LogP contribution < -0.4 is 10.1 Å². The molecule has 0 radical (unpaired) electrons. The molecule has 1 unspecified atom stereocenters. The fourth-order valence-electron chi connectivity index (χ4n) is 2.57. The van der Waals surface area contributed by atoms with Crippen LogP contribution in [0.3, 0.4) is 0 Å². The summed E-state index contributed by atoms with van der Waals surface area (Å²) in [5.41, 5.74) is -0.508. The molecule has 1 N–H and O–H groups in total. The Balaban J connectivity index is 1.74. The van der Waals surface area contributed by atoms with Crippen LogP contribution in [0, 0.1) is 5.82 Å². The fourth-order valence-corrected chi connectivity index (χ4v) is 3.46. The number of ether oxygens (including phenoxy) is 2. The van der Waals surface area contributed by atoms with Crippen molar-refractivity contribution in [3.05, 3.63) is 27.4 Å². The Hall–Kier alpha value is -1.05. The lowest BCUT2D eigenvalue weighted by atomic mass is 10.2. The highest BCUT2D eigenvalue weighted by molar-refractivity contribution is 9.10. The number of hydrogen-bond acceptors (Lipinski definition) is 4. The van der Waals surface area contributed by atoms with E-state index in [1.54, 1.807) is 6.07 Å². The maximum atomic E-state index is 13.8. The van der Waals surface area contributed by atoms with Gasteiger partial charge in [0, 0.05) is 30.7 Å². The standard InChI is InChI=1S/C17H23BrClFN2O3/c1-17(2,3)25-16(23)21-12-4-5-22(10-12)6-7-24-15-13(18)8-11(19)9-14(15)20/h8-9,12H,4-7,10H2,1-3H3,(H,21,23). The number of halogens is 3. The summed E-state index contributed by atoms with van der Waals surface area (Å²) in [6, 6.07) is 2.86. The van der Waals surface area contributed by atoms with Gasteiger partial charge >= 0.3 is 6.09 Å². The molecule has 1 amide bonds. The van der Waals surface area contributed by atoms with Gasteiger partial charge in [0.05, 0.1) is 4.47 Å². The van der Waals surface area contributed by atoms with Gasteiger partial charge in [-0.25, -0.2) is 9.18 Å². The molecule has 0 aliphatic carbocycles. The number of nitrogens with zero attached hydrogens (tertiary/aromatic N) is 1. The van der Waals surface area contributed by atoms with Crippen molar-refractivity contribution in [3.8, 4) is 5.75 Å². The smallest absolute Gasteiger partial charge is 0.407 e. The first-order chi connectivity index (χ1) is 11.6. The Labute approximate surface area is 160 Å². The quantitative estimate of drug-likeness (QED) is 0.749. The topological polar surface area (TPSA) is 50.8 Å². The summed E-state index contributed by atoms with van der Waals surface area (Å²) in [4.78, 5) is 13.9. The maximum Gasteiger partial charge on any atom is 0.407 e. The van der Waals surface area contributed by atoms with Crippen LogP contribution in [0.15, 0.2) is 16.6 Å². The van der Waals surface area contributed by atoms with E-state index in [2.05, 4.69) is 26.1 Å². The summed E-state index contributed by atoms with van der Waals surface area (Å²) in [6.07, 6.45) is 0.445. The first-order valence-electron chi connectivity index (χ1n) is 8.13. The Bertz CT molecular complexity index is 601. The third-order valence-electron chi connectivity index (χ3n) is 3.61. The molecule has 1 saturated heterocycles. The molecule has 140 valence electrons. The number of benzene rings is 1. The van der Waals surface area contributed by atoms with Gasteiger partial charge in [-0.1, -0.05) is 11.6 Å². The monoisotopic (exact) mass is 436 g/mol. The van der Waals surface area contributed by atoms with Crippen LogP contribution in [0.5, 0.6) is 5.75 Å². The zero-order valence-electron chi connectivity index (χ0n) is 14.6. The van der Waals surface area contributed by atoms with Gasteiger partial charge in [0.1, 0.15) is 12.2 Å². The minimum absolute atomic E-state index is 0.0499. The highest BCUT2D eigenvalue weighted by atomic mass is 79.9. The van der Waals surface area contributed by atoms with Gasteiger partial charge in [-0.15, -0.1) is 0 Å². The molecule has 2 rings (SSSR count). The number of hydrogen-bond donors (Lipinski definition) is 1. The Kier molecular flexibility index (Phi) is 6.93.